The highest BCUT2D eigenvalue weighted by Gasteiger charge is 2.58. The second-order valence-corrected chi connectivity index (χ2v) is 9.24. The van der Waals surface area contributed by atoms with E-state index in [1.165, 1.54) is 0 Å². The highest BCUT2D eigenvalue weighted by molar-refractivity contribution is 5.88. The number of alkyl halides is 2. The lowest BCUT2D eigenvalue weighted by atomic mass is 9.59. The number of nitrogens with zero attached hydrogens (tertiary/aromatic N) is 3. The molecular formula is C23H28F2N4O. The van der Waals surface area contributed by atoms with Gasteiger partial charge in [-0.3, -0.25) is 9.58 Å². The molecule has 1 spiro atoms. The molecule has 1 atom stereocenters. The number of piperidine rings is 1. The van der Waals surface area contributed by atoms with E-state index in [9.17, 15) is 8.78 Å². The number of rotatable bonds is 4. The van der Waals surface area contributed by atoms with Gasteiger partial charge in [0.05, 0.1) is 13.3 Å². The van der Waals surface area contributed by atoms with Gasteiger partial charge < -0.3 is 9.72 Å². The molecule has 2 aromatic heterocycles. The molecule has 30 heavy (non-hydrogen) atoms. The van der Waals surface area contributed by atoms with Crippen LogP contribution in [-0.2, 0) is 13.6 Å². The molecule has 0 amide bonds. The number of hydrogen-bond donors (Lipinski definition) is 1. The normalized spacial score (nSPS) is 23.0. The van der Waals surface area contributed by atoms with Gasteiger partial charge in [-0.1, -0.05) is 0 Å². The smallest absolute Gasteiger partial charge is 0.249 e. The summed E-state index contributed by atoms with van der Waals surface area (Å²) in [5.74, 6) is -1.63. The molecule has 1 aliphatic carbocycles. The lowest BCUT2D eigenvalue weighted by molar-refractivity contribution is -0.186. The van der Waals surface area contributed by atoms with E-state index in [0.29, 0.717) is 6.54 Å². The lowest BCUT2D eigenvalue weighted by Crippen LogP contribution is -2.53. The fraction of sp³-hybridized carbons (Fsp3) is 0.522. The van der Waals surface area contributed by atoms with Crippen LogP contribution in [0.1, 0.15) is 48.4 Å². The van der Waals surface area contributed by atoms with Gasteiger partial charge in [-0.2, -0.15) is 5.10 Å². The van der Waals surface area contributed by atoms with E-state index < -0.39 is 5.92 Å². The Balaban J connectivity index is 1.50. The topological polar surface area (TPSA) is 46.1 Å². The van der Waals surface area contributed by atoms with Crippen molar-refractivity contribution in [3.63, 3.8) is 0 Å². The summed E-state index contributed by atoms with van der Waals surface area (Å²) in [7, 11) is 3.60. The van der Waals surface area contributed by atoms with Gasteiger partial charge in [-0.25, -0.2) is 8.78 Å². The SMILES string of the molecule is COc1cc(C)c2[nH]ccc2c1CN1CCC2(CC1c1cnn(C)c1)CC(F)(F)C2. The molecule has 1 aliphatic heterocycles. The summed E-state index contributed by atoms with van der Waals surface area (Å²) in [5, 5.41) is 5.51. The number of fused-ring (bicyclic) bond motifs is 1. The zero-order valence-electron chi connectivity index (χ0n) is 17.7. The summed E-state index contributed by atoms with van der Waals surface area (Å²) in [6, 6.07) is 4.24. The highest BCUT2D eigenvalue weighted by Crippen LogP contribution is 2.60. The summed E-state index contributed by atoms with van der Waals surface area (Å²) in [4.78, 5) is 5.75. The van der Waals surface area contributed by atoms with Crippen molar-refractivity contribution in [3.05, 3.63) is 47.4 Å². The average molecular weight is 415 g/mol. The number of likely N-dealkylation sites (tertiary alicyclic amines) is 1. The molecule has 1 unspecified atom stereocenters. The molecule has 5 nitrogen and oxygen atoms in total. The number of aromatic amines is 1. The van der Waals surface area contributed by atoms with Gasteiger partial charge in [-0.15, -0.1) is 0 Å². The Kier molecular flexibility index (Phi) is 4.43. The van der Waals surface area contributed by atoms with Crippen molar-refractivity contribution in [2.75, 3.05) is 13.7 Å². The lowest BCUT2D eigenvalue weighted by Gasteiger charge is -2.54. The monoisotopic (exact) mass is 414 g/mol. The summed E-state index contributed by atoms with van der Waals surface area (Å²) in [6.07, 6.45) is 7.45. The summed E-state index contributed by atoms with van der Waals surface area (Å²) < 4.78 is 35.1. The fourth-order valence-electron chi connectivity index (χ4n) is 5.66. The maximum Gasteiger partial charge on any atom is 0.249 e. The molecule has 160 valence electrons. The molecule has 3 heterocycles. The molecule has 0 radical (unpaired) electrons. The first-order valence-corrected chi connectivity index (χ1v) is 10.5. The number of aryl methyl sites for hydroxylation is 2. The number of H-pyrrole nitrogens is 1. The third-order valence-electron chi connectivity index (χ3n) is 7.07. The summed E-state index contributed by atoms with van der Waals surface area (Å²) in [6.45, 7) is 3.58. The van der Waals surface area contributed by atoms with Crippen molar-refractivity contribution in [1.29, 1.82) is 0 Å². The van der Waals surface area contributed by atoms with Crippen LogP contribution in [0.5, 0.6) is 5.75 Å². The molecule has 1 saturated heterocycles. The van der Waals surface area contributed by atoms with E-state index in [1.807, 2.05) is 25.6 Å². The van der Waals surface area contributed by atoms with Crippen molar-refractivity contribution in [1.82, 2.24) is 19.7 Å². The van der Waals surface area contributed by atoms with Crippen LogP contribution >= 0.6 is 0 Å². The van der Waals surface area contributed by atoms with E-state index in [4.69, 9.17) is 4.74 Å². The van der Waals surface area contributed by atoms with Crippen LogP contribution in [0.2, 0.25) is 0 Å². The van der Waals surface area contributed by atoms with Crippen molar-refractivity contribution >= 4 is 10.9 Å². The first-order chi connectivity index (χ1) is 14.3. The third kappa shape index (κ3) is 3.20. The first kappa shape index (κ1) is 19.5. The molecule has 2 fully saturated rings. The summed E-state index contributed by atoms with van der Waals surface area (Å²) in [5.41, 5.74) is 4.26. The number of methoxy groups -OCH3 is 1. The van der Waals surface area contributed by atoms with Crippen LogP contribution in [0.4, 0.5) is 8.78 Å². The van der Waals surface area contributed by atoms with E-state index in [1.54, 1.807) is 11.8 Å². The molecule has 1 aromatic carbocycles. The molecule has 2 aliphatic rings. The number of hydrogen-bond acceptors (Lipinski definition) is 3. The number of benzene rings is 1. The predicted molar refractivity (Wildman–Crippen MR) is 112 cm³/mol. The Labute approximate surface area is 175 Å². The minimum atomic E-state index is -2.50. The molecule has 3 aromatic rings. The number of nitrogens with one attached hydrogen (secondary N) is 1. The van der Waals surface area contributed by atoms with E-state index >= 15 is 0 Å². The van der Waals surface area contributed by atoms with Crippen LogP contribution in [0.3, 0.4) is 0 Å². The molecule has 0 bridgehead atoms. The van der Waals surface area contributed by atoms with Gasteiger partial charge in [0.2, 0.25) is 5.92 Å². The molecule has 1 N–H and O–H groups in total. The third-order valence-corrected chi connectivity index (χ3v) is 7.07. The molecular weight excluding hydrogens is 386 g/mol. The minimum Gasteiger partial charge on any atom is -0.496 e. The Morgan fingerprint density at radius 1 is 1.33 bits per heavy atom. The largest absolute Gasteiger partial charge is 0.496 e. The average Bonchev–Trinajstić information content (AvgIpc) is 3.33. The van der Waals surface area contributed by atoms with Gasteiger partial charge in [0.1, 0.15) is 5.75 Å². The van der Waals surface area contributed by atoms with Crippen LogP contribution < -0.4 is 4.74 Å². The van der Waals surface area contributed by atoms with E-state index in [2.05, 4.69) is 34.0 Å². The first-order valence-electron chi connectivity index (χ1n) is 10.5. The van der Waals surface area contributed by atoms with Crippen LogP contribution in [0, 0.1) is 12.3 Å². The Bertz CT molecular complexity index is 1080. The number of aromatic nitrogens is 3. The quantitative estimate of drug-likeness (QED) is 0.656. The second kappa shape index (κ2) is 6.80. The maximum absolute atomic E-state index is 13.8. The Morgan fingerprint density at radius 2 is 2.13 bits per heavy atom. The van der Waals surface area contributed by atoms with Gasteiger partial charge in [0.15, 0.2) is 0 Å². The van der Waals surface area contributed by atoms with Gasteiger partial charge >= 0.3 is 0 Å². The standard InChI is InChI=1S/C23H28F2N4O/c1-15-8-20(30-3)18(17-4-6-26-21(15)17)12-29-7-5-22(13-23(24,25)14-22)9-19(29)16-10-27-28(2)11-16/h4,6,8,10-11,19,26H,5,7,9,12-14H2,1-3H3. The van der Waals surface area contributed by atoms with Crippen LogP contribution in [0.25, 0.3) is 10.9 Å². The van der Waals surface area contributed by atoms with Crippen molar-refractivity contribution in [3.8, 4) is 5.75 Å². The maximum atomic E-state index is 13.8. The van der Waals surface area contributed by atoms with Gasteiger partial charge in [0.25, 0.3) is 0 Å². The van der Waals surface area contributed by atoms with Crippen LogP contribution in [0.15, 0.2) is 30.7 Å². The fourth-order valence-corrected chi connectivity index (χ4v) is 5.66. The predicted octanol–water partition coefficient (Wildman–Crippen LogP) is 4.97. The van der Waals surface area contributed by atoms with E-state index in [0.717, 1.165) is 52.7 Å². The second-order valence-electron chi connectivity index (χ2n) is 9.24. The van der Waals surface area contributed by atoms with E-state index in [-0.39, 0.29) is 24.3 Å². The minimum absolute atomic E-state index is 0.0144. The Morgan fingerprint density at radius 3 is 2.80 bits per heavy atom. The zero-order chi connectivity index (χ0) is 21.1. The van der Waals surface area contributed by atoms with Gasteiger partial charge in [0, 0.05) is 66.9 Å². The van der Waals surface area contributed by atoms with Gasteiger partial charge in [-0.05, 0) is 49.4 Å². The van der Waals surface area contributed by atoms with Crippen molar-refractivity contribution in [2.24, 2.45) is 12.5 Å². The number of halogens is 2. The molecule has 1 saturated carbocycles. The Hall–Kier alpha value is -2.41. The highest BCUT2D eigenvalue weighted by atomic mass is 19.3. The zero-order valence-corrected chi connectivity index (χ0v) is 17.7. The molecule has 7 heteroatoms. The number of ether oxygens (including phenoxy) is 1. The summed E-state index contributed by atoms with van der Waals surface area (Å²) >= 11 is 0. The van der Waals surface area contributed by atoms with Crippen LogP contribution in [-0.4, -0.2) is 39.2 Å². The van der Waals surface area contributed by atoms with Crippen molar-refractivity contribution < 1.29 is 13.5 Å². The van der Waals surface area contributed by atoms with Crippen molar-refractivity contribution in [2.45, 2.75) is 51.1 Å². The molecule has 5 rings (SSSR count).